The van der Waals surface area contributed by atoms with Crippen LogP contribution in [-0.2, 0) is 9.36 Å². The van der Waals surface area contributed by atoms with E-state index in [4.69, 9.17) is 0 Å². The van der Waals surface area contributed by atoms with Gasteiger partial charge in [0.05, 0.1) is 0 Å². The molecule has 0 radical (unpaired) electrons. The van der Waals surface area contributed by atoms with Gasteiger partial charge in [-0.05, 0) is 70.5 Å². The third-order valence-corrected chi connectivity index (χ3v) is 11.4. The molecule has 206 valence electrons. The van der Waals surface area contributed by atoms with Crippen molar-refractivity contribution in [1.29, 1.82) is 0 Å². The third-order valence-electron chi connectivity index (χ3n) is 8.72. The number of hydrogen-bond donors (Lipinski definition) is 2. The Balaban J connectivity index is 1.30. The van der Waals surface area contributed by atoms with Gasteiger partial charge in [-0.1, -0.05) is 111 Å². The van der Waals surface area contributed by atoms with Crippen LogP contribution >= 0.6 is 7.29 Å². The van der Waals surface area contributed by atoms with Gasteiger partial charge in [0.1, 0.15) is 0 Å². The molecular weight excluding hydrogens is 523 g/mol. The smallest absolute Gasteiger partial charge is 0.227 e. The number of benzene rings is 5. The Morgan fingerprint density at radius 1 is 0.756 bits per heavy atom. The molecule has 1 aliphatic carbocycles. The van der Waals surface area contributed by atoms with E-state index >= 15 is 4.57 Å². The standard InChI is InChI=1S/C36H35N2O2P/c1-26(35(39)37-30-23-22-27-14-12-13-17-29(27)24-30)33-25-36(33,2)34(28-15-6-3-7-16-28)38-41(40,31-18-8-4-9-19-31)32-20-10-5-11-21-32/h3-24,26,33-34H,25H2,1-2H3,(H,37,39)(H,38,40)/t26-,33+,34+,36-/m1/s1. The molecule has 5 aromatic carbocycles. The molecule has 5 heteroatoms. The summed E-state index contributed by atoms with van der Waals surface area (Å²) in [5.74, 6) is -0.0805. The Labute approximate surface area is 242 Å². The monoisotopic (exact) mass is 558 g/mol. The van der Waals surface area contributed by atoms with Gasteiger partial charge in [0.15, 0.2) is 0 Å². The third kappa shape index (κ3) is 5.38. The second kappa shape index (κ2) is 11.1. The van der Waals surface area contributed by atoms with Crippen LogP contribution in [-0.4, -0.2) is 5.91 Å². The molecule has 4 atom stereocenters. The van der Waals surface area contributed by atoms with Crippen LogP contribution in [0, 0.1) is 17.3 Å². The van der Waals surface area contributed by atoms with E-state index in [9.17, 15) is 4.79 Å². The molecule has 0 aromatic heterocycles. The van der Waals surface area contributed by atoms with Gasteiger partial charge in [0.25, 0.3) is 0 Å². The SMILES string of the molecule is C[C@@H](C(=O)Nc1ccc2ccccc2c1)[C@@H]1C[C@@]1(C)[C@@H](NP(=O)(c1ccccc1)c1ccccc1)c1ccccc1. The van der Waals surface area contributed by atoms with Gasteiger partial charge in [-0.25, -0.2) is 0 Å². The highest BCUT2D eigenvalue weighted by molar-refractivity contribution is 7.76. The lowest BCUT2D eigenvalue weighted by Crippen LogP contribution is -2.36. The summed E-state index contributed by atoms with van der Waals surface area (Å²) in [6.45, 7) is 4.24. The van der Waals surface area contributed by atoms with Gasteiger partial charge >= 0.3 is 0 Å². The predicted molar refractivity (Wildman–Crippen MR) is 170 cm³/mol. The van der Waals surface area contributed by atoms with Crippen molar-refractivity contribution in [2.75, 3.05) is 5.32 Å². The fourth-order valence-corrected chi connectivity index (χ4v) is 8.79. The second-order valence-electron chi connectivity index (χ2n) is 11.4. The van der Waals surface area contributed by atoms with Crippen LogP contribution in [0.3, 0.4) is 0 Å². The summed E-state index contributed by atoms with van der Waals surface area (Å²) >= 11 is 0. The van der Waals surface area contributed by atoms with E-state index in [-0.39, 0.29) is 29.2 Å². The Hall–Kier alpha value is -3.98. The van der Waals surface area contributed by atoms with Crippen molar-refractivity contribution in [1.82, 2.24) is 5.09 Å². The average molecular weight is 559 g/mol. The first-order valence-electron chi connectivity index (χ1n) is 14.2. The summed E-state index contributed by atoms with van der Waals surface area (Å²) in [4.78, 5) is 13.5. The Morgan fingerprint density at radius 2 is 1.29 bits per heavy atom. The molecule has 2 N–H and O–H groups in total. The summed E-state index contributed by atoms with van der Waals surface area (Å²) in [6, 6.07) is 43.6. The maximum absolute atomic E-state index is 15.0. The summed E-state index contributed by atoms with van der Waals surface area (Å²) in [5.41, 5.74) is 1.62. The minimum Gasteiger partial charge on any atom is -0.326 e. The maximum Gasteiger partial charge on any atom is 0.227 e. The van der Waals surface area contributed by atoms with Crippen molar-refractivity contribution in [3.8, 4) is 0 Å². The van der Waals surface area contributed by atoms with E-state index in [1.807, 2.05) is 116 Å². The van der Waals surface area contributed by atoms with Crippen LogP contribution in [0.2, 0.25) is 0 Å². The van der Waals surface area contributed by atoms with Crippen LogP contribution in [0.15, 0.2) is 133 Å². The van der Waals surface area contributed by atoms with Crippen LogP contribution in [0.5, 0.6) is 0 Å². The molecule has 1 amide bonds. The molecule has 41 heavy (non-hydrogen) atoms. The predicted octanol–water partition coefficient (Wildman–Crippen LogP) is 7.70. The first-order chi connectivity index (χ1) is 19.9. The molecule has 1 saturated carbocycles. The molecule has 0 spiro atoms. The number of carbonyl (C=O) groups is 1. The van der Waals surface area contributed by atoms with Crippen molar-refractivity contribution >= 4 is 40.3 Å². The molecule has 5 aromatic rings. The van der Waals surface area contributed by atoms with Gasteiger partial charge in [0.2, 0.25) is 13.2 Å². The highest BCUT2D eigenvalue weighted by Crippen LogP contribution is 2.65. The summed E-state index contributed by atoms with van der Waals surface area (Å²) in [7, 11) is -3.21. The van der Waals surface area contributed by atoms with Crippen LogP contribution in [0.4, 0.5) is 5.69 Å². The van der Waals surface area contributed by atoms with E-state index in [1.165, 1.54) is 0 Å². The number of nitrogens with one attached hydrogen (secondary N) is 2. The molecule has 0 heterocycles. The normalized spacial score (nSPS) is 19.8. The van der Waals surface area contributed by atoms with E-state index in [0.717, 1.165) is 39.1 Å². The maximum atomic E-state index is 15.0. The molecule has 0 saturated heterocycles. The average Bonchev–Trinajstić information content (AvgIpc) is 3.72. The number of carbonyl (C=O) groups excluding carboxylic acids is 1. The van der Waals surface area contributed by atoms with Gasteiger partial charge in [-0.15, -0.1) is 0 Å². The fourth-order valence-electron chi connectivity index (χ4n) is 6.20. The number of rotatable bonds is 9. The number of anilines is 1. The first-order valence-corrected chi connectivity index (χ1v) is 15.9. The largest absolute Gasteiger partial charge is 0.326 e. The molecule has 0 unspecified atom stereocenters. The van der Waals surface area contributed by atoms with Crippen molar-refractivity contribution in [3.05, 3.63) is 139 Å². The summed E-state index contributed by atoms with van der Waals surface area (Å²) < 4.78 is 15.0. The van der Waals surface area contributed by atoms with Crippen LogP contribution in [0.25, 0.3) is 10.8 Å². The zero-order valence-corrected chi connectivity index (χ0v) is 24.3. The zero-order valence-electron chi connectivity index (χ0n) is 23.4. The molecular formula is C36H35N2O2P. The molecule has 0 bridgehead atoms. The summed E-state index contributed by atoms with van der Waals surface area (Å²) in [6.07, 6.45) is 0.857. The molecule has 4 nitrogen and oxygen atoms in total. The lowest BCUT2D eigenvalue weighted by molar-refractivity contribution is -0.120. The second-order valence-corrected chi connectivity index (χ2v) is 13.9. The lowest BCUT2D eigenvalue weighted by Gasteiger charge is -2.33. The van der Waals surface area contributed by atoms with E-state index in [1.54, 1.807) is 0 Å². The van der Waals surface area contributed by atoms with E-state index < -0.39 is 7.29 Å². The summed E-state index contributed by atoms with van der Waals surface area (Å²) in [5, 5.41) is 10.6. The lowest BCUT2D eigenvalue weighted by atomic mass is 9.86. The molecule has 6 rings (SSSR count). The Bertz CT molecular complexity index is 1660. The molecule has 1 fully saturated rings. The molecule has 1 aliphatic rings. The van der Waals surface area contributed by atoms with Crippen molar-refractivity contribution in [3.63, 3.8) is 0 Å². The topological polar surface area (TPSA) is 58.2 Å². The number of amides is 1. The minimum absolute atomic E-state index is 0.00937. The quantitative estimate of drug-likeness (QED) is 0.182. The van der Waals surface area contributed by atoms with Gasteiger partial charge in [-0.3, -0.25) is 14.4 Å². The van der Waals surface area contributed by atoms with Crippen molar-refractivity contribution in [2.45, 2.75) is 26.3 Å². The fraction of sp³-hybridized carbons (Fsp3) is 0.194. The van der Waals surface area contributed by atoms with Crippen LogP contribution < -0.4 is 21.0 Å². The van der Waals surface area contributed by atoms with Crippen molar-refractivity contribution in [2.24, 2.45) is 17.3 Å². The number of fused-ring (bicyclic) bond motifs is 1. The zero-order chi connectivity index (χ0) is 28.5. The molecule has 0 aliphatic heterocycles. The minimum atomic E-state index is -3.21. The van der Waals surface area contributed by atoms with E-state index in [0.29, 0.717) is 0 Å². The Kier molecular flexibility index (Phi) is 7.38. The first kappa shape index (κ1) is 27.2. The van der Waals surface area contributed by atoms with Crippen LogP contribution in [0.1, 0.15) is 31.9 Å². The highest BCUT2D eigenvalue weighted by atomic mass is 31.2. The van der Waals surface area contributed by atoms with Crippen molar-refractivity contribution < 1.29 is 9.36 Å². The highest BCUT2D eigenvalue weighted by Gasteiger charge is 2.59. The van der Waals surface area contributed by atoms with Gasteiger partial charge in [-0.2, -0.15) is 0 Å². The van der Waals surface area contributed by atoms with Gasteiger partial charge in [0, 0.05) is 28.3 Å². The number of hydrogen-bond acceptors (Lipinski definition) is 2. The Morgan fingerprint density at radius 3 is 1.90 bits per heavy atom. The van der Waals surface area contributed by atoms with Gasteiger partial charge < -0.3 is 5.32 Å². The van der Waals surface area contributed by atoms with E-state index in [2.05, 4.69) is 41.6 Å².